The van der Waals surface area contributed by atoms with Crippen LogP contribution in [0.4, 0.5) is 4.79 Å². The smallest absolute Gasteiger partial charge is 0.316 e. The number of hydrogen-bond donors (Lipinski definition) is 3. The van der Waals surface area contributed by atoms with Crippen LogP contribution in [0.5, 0.6) is 0 Å². The highest BCUT2D eigenvalue weighted by atomic mass is 16.3. The minimum atomic E-state index is -0.732. The number of hydrogen-bond acceptors (Lipinski definition) is 4. The molecule has 0 aliphatic carbocycles. The minimum absolute atomic E-state index is 0.0820. The van der Waals surface area contributed by atoms with E-state index in [9.17, 15) is 4.79 Å². The molecule has 3 N–H and O–H groups in total. The average Bonchev–Trinajstić information content (AvgIpc) is 2.11. The third kappa shape index (κ3) is 7.87. The van der Waals surface area contributed by atoms with Gasteiger partial charge in [0.2, 0.25) is 0 Å². The topological polar surface area (TPSA) is 86.1 Å². The Hall–Kier alpha value is -1.17. The van der Waals surface area contributed by atoms with Gasteiger partial charge in [0, 0.05) is 6.54 Å². The summed E-state index contributed by atoms with van der Waals surface area (Å²) in [6.45, 7) is 7.45. The molecular formula is C9H20N4O2. The van der Waals surface area contributed by atoms with Gasteiger partial charge in [-0.25, -0.2) is 4.79 Å². The lowest BCUT2D eigenvalue weighted by atomic mass is 10.3. The lowest BCUT2D eigenvalue weighted by molar-refractivity contribution is 0.223. The van der Waals surface area contributed by atoms with Crippen LogP contribution in [0.3, 0.4) is 0 Å². The second-order valence-electron chi connectivity index (χ2n) is 3.97. The Morgan fingerprint density at radius 1 is 1.47 bits per heavy atom. The minimum Gasteiger partial charge on any atom is -0.395 e. The van der Waals surface area contributed by atoms with Crippen molar-refractivity contribution in [2.75, 3.05) is 13.2 Å². The summed E-state index contributed by atoms with van der Waals surface area (Å²) in [5, 5.41) is 21.6. The van der Waals surface area contributed by atoms with Crippen LogP contribution in [-0.2, 0) is 0 Å². The molecule has 6 heteroatoms. The zero-order chi connectivity index (χ0) is 11.9. The molecule has 2 amide bonds. The zero-order valence-corrected chi connectivity index (χ0v) is 9.74. The molecule has 0 aliphatic rings. The normalized spacial score (nSPS) is 12.1. The van der Waals surface area contributed by atoms with Crippen molar-refractivity contribution >= 4 is 6.03 Å². The number of carbonyl (C=O) groups excluding carboxylic acids is 1. The first-order valence-electron chi connectivity index (χ1n) is 4.96. The Labute approximate surface area is 90.2 Å². The largest absolute Gasteiger partial charge is 0.395 e. The fourth-order valence-corrected chi connectivity index (χ4v) is 0.776. The molecule has 0 spiro atoms. The standard InChI is InChI=1S/C9H20N4O2/c1-7(2)12-13-9(3,4)11-8(15)10-5-6-14/h7,14H,5-6H2,1-4H3,(H2,10,11,15)/b13-12+. The summed E-state index contributed by atoms with van der Waals surface area (Å²) in [7, 11) is 0. The Balaban J connectivity index is 4.07. The second kappa shape index (κ2) is 6.34. The van der Waals surface area contributed by atoms with Gasteiger partial charge in [-0.15, -0.1) is 0 Å². The van der Waals surface area contributed by atoms with E-state index in [1.165, 1.54) is 0 Å². The summed E-state index contributed by atoms with van der Waals surface area (Å²) >= 11 is 0. The summed E-state index contributed by atoms with van der Waals surface area (Å²) < 4.78 is 0. The summed E-state index contributed by atoms with van der Waals surface area (Å²) in [6, 6.07) is -0.261. The van der Waals surface area contributed by atoms with E-state index < -0.39 is 5.66 Å². The van der Waals surface area contributed by atoms with E-state index in [1.54, 1.807) is 13.8 Å². The fourth-order valence-electron chi connectivity index (χ4n) is 0.776. The predicted octanol–water partition coefficient (Wildman–Crippen LogP) is 0.875. The quantitative estimate of drug-likeness (QED) is 0.596. The number of urea groups is 1. The summed E-state index contributed by atoms with van der Waals surface area (Å²) in [6.07, 6.45) is 0. The predicted molar refractivity (Wildman–Crippen MR) is 57.7 cm³/mol. The van der Waals surface area contributed by atoms with Crippen LogP contribution in [0.2, 0.25) is 0 Å². The van der Waals surface area contributed by atoms with Crippen LogP contribution in [0.25, 0.3) is 0 Å². The van der Waals surface area contributed by atoms with Crippen molar-refractivity contribution in [3.8, 4) is 0 Å². The van der Waals surface area contributed by atoms with Gasteiger partial charge in [-0.3, -0.25) is 0 Å². The number of carbonyl (C=O) groups is 1. The average molecular weight is 216 g/mol. The van der Waals surface area contributed by atoms with Crippen LogP contribution in [0.15, 0.2) is 10.2 Å². The second-order valence-corrected chi connectivity index (χ2v) is 3.97. The summed E-state index contributed by atoms with van der Waals surface area (Å²) in [4.78, 5) is 11.2. The molecule has 88 valence electrons. The van der Waals surface area contributed by atoms with Crippen LogP contribution < -0.4 is 10.6 Å². The van der Waals surface area contributed by atoms with Crippen LogP contribution >= 0.6 is 0 Å². The van der Waals surface area contributed by atoms with Gasteiger partial charge in [0.25, 0.3) is 0 Å². The van der Waals surface area contributed by atoms with Crippen LogP contribution in [-0.4, -0.2) is 36.0 Å². The molecule has 0 aromatic rings. The van der Waals surface area contributed by atoms with Crippen molar-refractivity contribution in [3.63, 3.8) is 0 Å². The molecule has 0 saturated carbocycles. The van der Waals surface area contributed by atoms with Gasteiger partial charge in [0.15, 0.2) is 0 Å². The lowest BCUT2D eigenvalue weighted by Gasteiger charge is -2.20. The number of nitrogens with zero attached hydrogens (tertiary/aromatic N) is 2. The maximum Gasteiger partial charge on any atom is 0.316 e. The molecule has 0 atom stereocenters. The highest BCUT2D eigenvalue weighted by Crippen LogP contribution is 2.05. The van der Waals surface area contributed by atoms with Crippen molar-refractivity contribution in [1.29, 1.82) is 0 Å². The molecule has 0 rings (SSSR count). The van der Waals surface area contributed by atoms with Gasteiger partial charge >= 0.3 is 6.03 Å². The molecule has 0 radical (unpaired) electrons. The monoisotopic (exact) mass is 216 g/mol. The first-order valence-corrected chi connectivity index (χ1v) is 4.96. The molecule has 0 aromatic heterocycles. The molecule has 0 unspecified atom stereocenters. The van der Waals surface area contributed by atoms with Crippen LogP contribution in [0, 0.1) is 0 Å². The highest BCUT2D eigenvalue weighted by molar-refractivity contribution is 5.74. The van der Waals surface area contributed by atoms with Crippen molar-refractivity contribution in [1.82, 2.24) is 10.6 Å². The number of rotatable bonds is 5. The molecule has 0 bridgehead atoms. The molecule has 0 fully saturated rings. The van der Waals surface area contributed by atoms with E-state index in [2.05, 4.69) is 20.9 Å². The van der Waals surface area contributed by atoms with Gasteiger partial charge in [-0.1, -0.05) is 0 Å². The molecule has 0 saturated heterocycles. The Morgan fingerprint density at radius 3 is 2.53 bits per heavy atom. The first-order chi connectivity index (χ1) is 6.87. The molecule has 0 aromatic carbocycles. The zero-order valence-electron chi connectivity index (χ0n) is 9.74. The van der Waals surface area contributed by atoms with E-state index in [0.29, 0.717) is 0 Å². The van der Waals surface area contributed by atoms with E-state index in [-0.39, 0.29) is 25.2 Å². The fraction of sp³-hybridized carbons (Fsp3) is 0.889. The molecule has 0 heterocycles. The van der Waals surface area contributed by atoms with Gasteiger partial charge < -0.3 is 15.7 Å². The molecule has 0 aliphatic heterocycles. The van der Waals surface area contributed by atoms with Gasteiger partial charge in [0.05, 0.1) is 12.6 Å². The van der Waals surface area contributed by atoms with Gasteiger partial charge in [-0.05, 0) is 27.7 Å². The van der Waals surface area contributed by atoms with E-state index in [1.807, 2.05) is 13.8 Å². The van der Waals surface area contributed by atoms with E-state index in [0.717, 1.165) is 0 Å². The molecule has 6 nitrogen and oxygen atoms in total. The van der Waals surface area contributed by atoms with E-state index >= 15 is 0 Å². The number of amides is 2. The lowest BCUT2D eigenvalue weighted by Crippen LogP contribution is -2.47. The summed E-state index contributed by atoms with van der Waals surface area (Å²) in [5.41, 5.74) is -0.732. The van der Waals surface area contributed by atoms with Crippen molar-refractivity contribution in [2.45, 2.75) is 39.4 Å². The highest BCUT2D eigenvalue weighted by Gasteiger charge is 2.18. The maximum absolute atomic E-state index is 11.2. The summed E-state index contributed by atoms with van der Waals surface area (Å²) in [5.74, 6) is 0. The van der Waals surface area contributed by atoms with Crippen molar-refractivity contribution in [3.05, 3.63) is 0 Å². The van der Waals surface area contributed by atoms with Crippen molar-refractivity contribution < 1.29 is 9.90 Å². The SMILES string of the molecule is CC(C)/N=N/C(C)(C)NC(=O)NCCO. The first kappa shape index (κ1) is 13.8. The molecular weight excluding hydrogens is 196 g/mol. The van der Waals surface area contributed by atoms with E-state index in [4.69, 9.17) is 5.11 Å². The Bertz CT molecular complexity index is 226. The van der Waals surface area contributed by atoms with Crippen LogP contribution in [0.1, 0.15) is 27.7 Å². The van der Waals surface area contributed by atoms with Gasteiger partial charge in [0.1, 0.15) is 5.66 Å². The number of aliphatic hydroxyl groups excluding tert-OH is 1. The number of azo groups is 1. The van der Waals surface area contributed by atoms with Crippen molar-refractivity contribution in [2.24, 2.45) is 10.2 Å². The number of aliphatic hydroxyl groups is 1. The third-order valence-electron chi connectivity index (χ3n) is 1.36. The number of nitrogens with one attached hydrogen (secondary N) is 2. The maximum atomic E-state index is 11.2. The van der Waals surface area contributed by atoms with Gasteiger partial charge in [-0.2, -0.15) is 10.2 Å². The Morgan fingerprint density at radius 2 is 2.07 bits per heavy atom. The third-order valence-corrected chi connectivity index (χ3v) is 1.36. The Kier molecular flexibility index (Phi) is 5.84. The molecule has 15 heavy (non-hydrogen) atoms.